The zero-order chi connectivity index (χ0) is 12.1. The van der Waals surface area contributed by atoms with Crippen molar-refractivity contribution in [1.29, 1.82) is 0 Å². The lowest BCUT2D eigenvalue weighted by Gasteiger charge is -2.05. The van der Waals surface area contributed by atoms with E-state index < -0.39 is 0 Å². The summed E-state index contributed by atoms with van der Waals surface area (Å²) in [5.41, 5.74) is 3.63. The van der Waals surface area contributed by atoms with Crippen LogP contribution in [0.15, 0.2) is 48.5 Å². The van der Waals surface area contributed by atoms with Gasteiger partial charge in [0.2, 0.25) is 0 Å². The minimum absolute atomic E-state index is 0.188. The molecule has 2 aromatic rings. The molecule has 0 unspecified atom stereocenters. The average molecular weight is 229 g/mol. The molecule has 0 aliphatic heterocycles. The maximum atomic E-state index is 12.7. The van der Waals surface area contributed by atoms with Crippen molar-refractivity contribution in [3.63, 3.8) is 0 Å². The van der Waals surface area contributed by atoms with Crippen LogP contribution in [0.3, 0.4) is 0 Å². The first-order chi connectivity index (χ1) is 8.24. The van der Waals surface area contributed by atoms with Crippen molar-refractivity contribution in [2.45, 2.75) is 20.0 Å². The van der Waals surface area contributed by atoms with Crippen LogP contribution in [0, 0.1) is 12.7 Å². The highest BCUT2D eigenvalue weighted by Crippen LogP contribution is 2.05. The van der Waals surface area contributed by atoms with E-state index in [4.69, 9.17) is 0 Å². The molecule has 0 bridgehead atoms. The quantitative estimate of drug-likeness (QED) is 0.847. The average Bonchev–Trinajstić information content (AvgIpc) is 2.34. The number of rotatable bonds is 4. The van der Waals surface area contributed by atoms with Crippen LogP contribution in [0.1, 0.15) is 16.7 Å². The first-order valence-corrected chi connectivity index (χ1v) is 5.75. The van der Waals surface area contributed by atoms with Crippen molar-refractivity contribution in [3.05, 3.63) is 71.0 Å². The predicted molar refractivity (Wildman–Crippen MR) is 68.1 cm³/mol. The molecule has 2 aromatic carbocycles. The van der Waals surface area contributed by atoms with Crippen molar-refractivity contribution in [3.8, 4) is 0 Å². The molecule has 0 amide bonds. The van der Waals surface area contributed by atoms with Crippen LogP contribution in [-0.2, 0) is 13.1 Å². The first kappa shape index (κ1) is 11.8. The summed E-state index contributed by atoms with van der Waals surface area (Å²) in [6.45, 7) is 3.67. The zero-order valence-electron chi connectivity index (χ0n) is 9.91. The Kier molecular flexibility index (Phi) is 3.89. The molecule has 0 spiro atoms. The lowest BCUT2D eigenvalue weighted by Crippen LogP contribution is -2.12. The molecule has 88 valence electrons. The van der Waals surface area contributed by atoms with Crippen LogP contribution in [0.4, 0.5) is 4.39 Å². The number of aryl methyl sites for hydroxylation is 1. The lowest BCUT2D eigenvalue weighted by molar-refractivity contribution is 0.625. The number of hydrogen-bond acceptors (Lipinski definition) is 1. The summed E-state index contributed by atoms with van der Waals surface area (Å²) in [4.78, 5) is 0. The van der Waals surface area contributed by atoms with E-state index in [0.717, 1.165) is 18.7 Å². The minimum atomic E-state index is -0.188. The summed E-state index contributed by atoms with van der Waals surface area (Å²) in [6, 6.07) is 15.0. The van der Waals surface area contributed by atoms with Gasteiger partial charge in [-0.1, -0.05) is 42.0 Å². The van der Waals surface area contributed by atoms with Gasteiger partial charge in [-0.3, -0.25) is 0 Å². The van der Waals surface area contributed by atoms with E-state index in [0.29, 0.717) is 0 Å². The van der Waals surface area contributed by atoms with E-state index in [1.54, 1.807) is 12.1 Å². The molecule has 2 heteroatoms. The van der Waals surface area contributed by atoms with E-state index in [1.807, 2.05) is 0 Å². The van der Waals surface area contributed by atoms with Gasteiger partial charge in [0.25, 0.3) is 0 Å². The van der Waals surface area contributed by atoms with Crippen molar-refractivity contribution in [2.75, 3.05) is 0 Å². The van der Waals surface area contributed by atoms with E-state index in [9.17, 15) is 4.39 Å². The molecule has 0 aromatic heterocycles. The van der Waals surface area contributed by atoms with Crippen LogP contribution in [0.2, 0.25) is 0 Å². The fourth-order valence-electron chi connectivity index (χ4n) is 1.66. The first-order valence-electron chi connectivity index (χ1n) is 5.75. The van der Waals surface area contributed by atoms with Crippen molar-refractivity contribution in [1.82, 2.24) is 5.32 Å². The van der Waals surface area contributed by atoms with Crippen LogP contribution >= 0.6 is 0 Å². The maximum Gasteiger partial charge on any atom is 0.123 e. The van der Waals surface area contributed by atoms with Crippen LogP contribution in [0.25, 0.3) is 0 Å². The van der Waals surface area contributed by atoms with Gasteiger partial charge < -0.3 is 5.32 Å². The SMILES string of the molecule is Cc1ccc(CNCc2ccc(F)cc2)cc1. The fraction of sp³-hybridized carbons (Fsp3) is 0.200. The van der Waals surface area contributed by atoms with Gasteiger partial charge in [0.1, 0.15) is 5.82 Å². The second kappa shape index (κ2) is 5.60. The molecule has 0 aliphatic carbocycles. The highest BCUT2D eigenvalue weighted by atomic mass is 19.1. The molecule has 0 heterocycles. The Balaban J connectivity index is 1.83. The smallest absolute Gasteiger partial charge is 0.123 e. The van der Waals surface area contributed by atoms with Gasteiger partial charge in [-0.25, -0.2) is 4.39 Å². The van der Waals surface area contributed by atoms with E-state index in [-0.39, 0.29) is 5.82 Å². The van der Waals surface area contributed by atoms with Gasteiger partial charge in [0, 0.05) is 13.1 Å². The lowest BCUT2D eigenvalue weighted by atomic mass is 10.1. The molecule has 1 N–H and O–H groups in total. The van der Waals surface area contributed by atoms with Crippen LogP contribution in [0.5, 0.6) is 0 Å². The Morgan fingerprint density at radius 3 is 1.82 bits per heavy atom. The number of nitrogens with one attached hydrogen (secondary N) is 1. The van der Waals surface area contributed by atoms with Crippen molar-refractivity contribution >= 4 is 0 Å². The highest BCUT2D eigenvalue weighted by molar-refractivity contribution is 5.21. The third-order valence-corrected chi connectivity index (χ3v) is 2.69. The summed E-state index contributed by atoms with van der Waals surface area (Å²) in [6.07, 6.45) is 0. The Morgan fingerprint density at radius 1 is 0.824 bits per heavy atom. The second-order valence-corrected chi connectivity index (χ2v) is 4.22. The summed E-state index contributed by atoms with van der Waals surface area (Å²) in [7, 11) is 0. The Bertz CT molecular complexity index is 414. The molecular formula is C15H16FN. The topological polar surface area (TPSA) is 12.0 Å². The molecule has 0 saturated heterocycles. The van der Waals surface area contributed by atoms with Crippen molar-refractivity contribution < 1.29 is 4.39 Å². The second-order valence-electron chi connectivity index (χ2n) is 4.22. The summed E-state index contributed by atoms with van der Waals surface area (Å²) in [5, 5.41) is 3.33. The van der Waals surface area contributed by atoms with Gasteiger partial charge in [-0.05, 0) is 30.2 Å². The maximum absolute atomic E-state index is 12.7. The van der Waals surface area contributed by atoms with E-state index in [1.165, 1.54) is 23.3 Å². The molecule has 1 nitrogen and oxygen atoms in total. The van der Waals surface area contributed by atoms with E-state index >= 15 is 0 Å². The number of halogens is 1. The number of hydrogen-bond donors (Lipinski definition) is 1. The number of benzene rings is 2. The Morgan fingerprint density at radius 2 is 1.29 bits per heavy atom. The molecule has 17 heavy (non-hydrogen) atoms. The minimum Gasteiger partial charge on any atom is -0.309 e. The highest BCUT2D eigenvalue weighted by Gasteiger charge is 1.95. The monoisotopic (exact) mass is 229 g/mol. The summed E-state index contributed by atoms with van der Waals surface area (Å²) >= 11 is 0. The third kappa shape index (κ3) is 3.68. The van der Waals surface area contributed by atoms with Gasteiger partial charge in [0.05, 0.1) is 0 Å². The summed E-state index contributed by atoms with van der Waals surface area (Å²) in [5.74, 6) is -0.188. The van der Waals surface area contributed by atoms with Crippen LogP contribution in [-0.4, -0.2) is 0 Å². The van der Waals surface area contributed by atoms with E-state index in [2.05, 4.69) is 36.5 Å². The molecular weight excluding hydrogens is 213 g/mol. The van der Waals surface area contributed by atoms with Crippen LogP contribution < -0.4 is 5.32 Å². The third-order valence-electron chi connectivity index (χ3n) is 2.69. The molecule has 0 aliphatic rings. The molecule has 0 saturated carbocycles. The normalized spacial score (nSPS) is 10.5. The molecule has 0 fully saturated rings. The molecule has 0 radical (unpaired) electrons. The predicted octanol–water partition coefficient (Wildman–Crippen LogP) is 3.42. The zero-order valence-corrected chi connectivity index (χ0v) is 9.91. The van der Waals surface area contributed by atoms with Gasteiger partial charge >= 0.3 is 0 Å². The summed E-state index contributed by atoms with van der Waals surface area (Å²) < 4.78 is 12.7. The molecule has 0 atom stereocenters. The Labute approximate surface area is 101 Å². The van der Waals surface area contributed by atoms with Gasteiger partial charge in [0.15, 0.2) is 0 Å². The molecule has 2 rings (SSSR count). The fourth-order valence-corrected chi connectivity index (χ4v) is 1.66. The van der Waals surface area contributed by atoms with Gasteiger partial charge in [-0.2, -0.15) is 0 Å². The van der Waals surface area contributed by atoms with Gasteiger partial charge in [-0.15, -0.1) is 0 Å². The largest absolute Gasteiger partial charge is 0.309 e. The Hall–Kier alpha value is -1.67. The standard InChI is InChI=1S/C15H16FN/c1-12-2-4-13(5-3-12)10-17-11-14-6-8-15(16)9-7-14/h2-9,17H,10-11H2,1H3. The van der Waals surface area contributed by atoms with Crippen molar-refractivity contribution in [2.24, 2.45) is 0 Å².